The standard InChI is InChI=1S/C27H27N5O2/c1-29-15-20(14-28)18-6-7-21(30-16-18)12-19-13-25-26(24-5-3-2-4-23(19)24)31-17-32(27(25)33)22-8-10-34-11-9-22/h2-7,13-17,22H,8-12,28H2,1H3. The van der Waals surface area contributed by atoms with Crippen molar-refractivity contribution in [2.45, 2.75) is 25.3 Å². The summed E-state index contributed by atoms with van der Waals surface area (Å²) >= 11 is 0. The molecule has 1 saturated heterocycles. The second-order valence-electron chi connectivity index (χ2n) is 8.50. The Bertz CT molecular complexity index is 1450. The number of rotatable bonds is 5. The molecule has 7 heteroatoms. The summed E-state index contributed by atoms with van der Waals surface area (Å²) in [5.74, 6) is 0. The lowest BCUT2D eigenvalue weighted by Gasteiger charge is -2.24. The van der Waals surface area contributed by atoms with E-state index in [-0.39, 0.29) is 11.6 Å². The van der Waals surface area contributed by atoms with E-state index in [0.717, 1.165) is 51.5 Å². The molecule has 172 valence electrons. The van der Waals surface area contributed by atoms with Gasteiger partial charge in [-0.25, -0.2) is 4.98 Å². The quantitative estimate of drug-likeness (QED) is 0.365. The third kappa shape index (κ3) is 4.10. The highest BCUT2D eigenvalue weighted by molar-refractivity contribution is 6.09. The molecule has 5 rings (SSSR count). The Morgan fingerprint density at radius 2 is 1.94 bits per heavy atom. The molecule has 0 unspecified atom stereocenters. The van der Waals surface area contributed by atoms with E-state index in [4.69, 9.17) is 15.5 Å². The predicted molar refractivity (Wildman–Crippen MR) is 136 cm³/mol. The molecule has 0 saturated carbocycles. The maximum atomic E-state index is 13.5. The zero-order valence-corrected chi connectivity index (χ0v) is 19.1. The molecule has 4 aromatic rings. The van der Waals surface area contributed by atoms with E-state index in [2.05, 4.69) is 16.0 Å². The summed E-state index contributed by atoms with van der Waals surface area (Å²) in [5, 5.41) is 2.71. The Morgan fingerprint density at radius 1 is 1.15 bits per heavy atom. The van der Waals surface area contributed by atoms with E-state index in [1.807, 2.05) is 36.4 Å². The molecule has 1 aliphatic heterocycles. The van der Waals surface area contributed by atoms with E-state index in [1.54, 1.807) is 30.4 Å². The van der Waals surface area contributed by atoms with Crippen LogP contribution in [0.2, 0.25) is 0 Å². The van der Waals surface area contributed by atoms with Gasteiger partial charge in [-0.15, -0.1) is 0 Å². The predicted octanol–water partition coefficient (Wildman–Crippen LogP) is 3.89. The van der Waals surface area contributed by atoms with Crippen LogP contribution in [0.4, 0.5) is 0 Å². The number of hydrogen-bond donors (Lipinski definition) is 1. The first-order chi connectivity index (χ1) is 16.7. The van der Waals surface area contributed by atoms with Gasteiger partial charge in [-0.3, -0.25) is 19.3 Å². The summed E-state index contributed by atoms with van der Waals surface area (Å²) in [6, 6.07) is 14.2. The summed E-state index contributed by atoms with van der Waals surface area (Å²) in [6.07, 6.45) is 9.00. The van der Waals surface area contributed by atoms with Gasteiger partial charge < -0.3 is 10.5 Å². The number of benzene rings is 2. The Kier molecular flexibility index (Phi) is 6.18. The SMILES string of the molecule is CN=CC(=CN)c1ccc(Cc2cc3c(=O)n(C4CCOCC4)cnc3c3ccccc23)nc1. The van der Waals surface area contributed by atoms with Crippen molar-refractivity contribution in [2.75, 3.05) is 20.3 Å². The van der Waals surface area contributed by atoms with Gasteiger partial charge in [-0.2, -0.15) is 0 Å². The number of nitrogens with zero attached hydrogens (tertiary/aromatic N) is 4. The first-order valence-corrected chi connectivity index (χ1v) is 11.5. The van der Waals surface area contributed by atoms with Gasteiger partial charge in [0.05, 0.1) is 17.2 Å². The average molecular weight is 454 g/mol. The van der Waals surface area contributed by atoms with Crippen LogP contribution in [0.1, 0.15) is 35.7 Å². The molecule has 2 aromatic heterocycles. The number of aromatic nitrogens is 3. The van der Waals surface area contributed by atoms with E-state index in [9.17, 15) is 4.79 Å². The topological polar surface area (TPSA) is 95.4 Å². The van der Waals surface area contributed by atoms with E-state index >= 15 is 0 Å². The van der Waals surface area contributed by atoms with Crippen LogP contribution in [0.15, 0.2) is 71.0 Å². The number of fused-ring (bicyclic) bond motifs is 3. The van der Waals surface area contributed by atoms with Crippen LogP contribution in [0.3, 0.4) is 0 Å². The van der Waals surface area contributed by atoms with Gasteiger partial charge in [-0.1, -0.05) is 30.3 Å². The molecule has 0 aliphatic carbocycles. The summed E-state index contributed by atoms with van der Waals surface area (Å²) in [5.41, 5.74) is 10.2. The lowest BCUT2D eigenvalue weighted by Crippen LogP contribution is -2.29. The molecule has 0 bridgehead atoms. The van der Waals surface area contributed by atoms with Crippen LogP contribution in [0, 0.1) is 0 Å². The van der Waals surface area contributed by atoms with Crippen LogP contribution in [0.5, 0.6) is 0 Å². The normalized spacial score (nSPS) is 15.5. The second kappa shape index (κ2) is 9.57. The van der Waals surface area contributed by atoms with Crippen molar-refractivity contribution in [3.8, 4) is 0 Å². The molecule has 3 heterocycles. The Hall–Kier alpha value is -3.84. The van der Waals surface area contributed by atoms with Crippen LogP contribution < -0.4 is 11.3 Å². The van der Waals surface area contributed by atoms with Crippen molar-refractivity contribution >= 4 is 33.5 Å². The molecule has 2 N–H and O–H groups in total. The Balaban J connectivity index is 1.58. The fraction of sp³-hybridized carbons (Fsp3) is 0.259. The molecular formula is C27H27N5O2. The van der Waals surface area contributed by atoms with Gasteiger partial charge in [-0.05, 0) is 35.9 Å². The van der Waals surface area contributed by atoms with Crippen molar-refractivity contribution in [1.29, 1.82) is 0 Å². The highest BCUT2D eigenvalue weighted by Crippen LogP contribution is 2.28. The summed E-state index contributed by atoms with van der Waals surface area (Å²) in [4.78, 5) is 26.9. The lowest BCUT2D eigenvalue weighted by atomic mass is 9.97. The van der Waals surface area contributed by atoms with Crippen molar-refractivity contribution < 1.29 is 4.74 Å². The Labute approximate surface area is 197 Å². The smallest absolute Gasteiger partial charge is 0.261 e. The molecular weight excluding hydrogens is 426 g/mol. The number of hydrogen-bond acceptors (Lipinski definition) is 6. The minimum atomic E-state index is 0.00351. The van der Waals surface area contributed by atoms with Crippen molar-refractivity contribution in [1.82, 2.24) is 14.5 Å². The molecule has 0 atom stereocenters. The summed E-state index contributed by atoms with van der Waals surface area (Å²) < 4.78 is 7.26. The van der Waals surface area contributed by atoms with Gasteiger partial charge >= 0.3 is 0 Å². The number of allylic oxidation sites excluding steroid dienone is 1. The second-order valence-corrected chi connectivity index (χ2v) is 8.50. The number of aliphatic imine (C=N–C) groups is 1. The molecule has 1 fully saturated rings. The molecule has 0 radical (unpaired) electrons. The van der Waals surface area contributed by atoms with E-state index in [0.29, 0.717) is 25.0 Å². The number of ether oxygens (including phenoxy) is 1. The van der Waals surface area contributed by atoms with Gasteiger partial charge in [0.2, 0.25) is 0 Å². The summed E-state index contributed by atoms with van der Waals surface area (Å²) in [6.45, 7) is 1.34. The average Bonchev–Trinajstić information content (AvgIpc) is 2.89. The molecule has 7 nitrogen and oxygen atoms in total. The lowest BCUT2D eigenvalue weighted by molar-refractivity contribution is 0.0685. The monoisotopic (exact) mass is 453 g/mol. The fourth-order valence-electron chi connectivity index (χ4n) is 4.67. The molecule has 1 aliphatic rings. The van der Waals surface area contributed by atoms with Gasteiger partial charge in [0.1, 0.15) is 0 Å². The van der Waals surface area contributed by atoms with Crippen molar-refractivity contribution in [3.63, 3.8) is 0 Å². The largest absolute Gasteiger partial charge is 0.404 e. The van der Waals surface area contributed by atoms with E-state index in [1.165, 1.54) is 6.20 Å². The van der Waals surface area contributed by atoms with Gasteiger partial charge in [0.25, 0.3) is 5.56 Å². The first kappa shape index (κ1) is 22.0. The van der Waals surface area contributed by atoms with Gasteiger partial charge in [0, 0.05) is 73.6 Å². The zero-order valence-electron chi connectivity index (χ0n) is 19.1. The molecule has 34 heavy (non-hydrogen) atoms. The third-order valence-corrected chi connectivity index (χ3v) is 6.44. The number of pyridine rings is 1. The number of nitrogens with two attached hydrogens (primary N) is 1. The maximum absolute atomic E-state index is 13.5. The van der Waals surface area contributed by atoms with Crippen molar-refractivity contribution in [3.05, 3.63) is 88.4 Å². The van der Waals surface area contributed by atoms with Gasteiger partial charge in [0.15, 0.2) is 0 Å². The minimum Gasteiger partial charge on any atom is -0.404 e. The first-order valence-electron chi connectivity index (χ1n) is 11.5. The summed E-state index contributed by atoms with van der Waals surface area (Å²) in [7, 11) is 1.71. The van der Waals surface area contributed by atoms with Crippen LogP contribution in [-0.2, 0) is 11.2 Å². The highest BCUT2D eigenvalue weighted by Gasteiger charge is 2.19. The maximum Gasteiger partial charge on any atom is 0.261 e. The van der Waals surface area contributed by atoms with Crippen LogP contribution >= 0.6 is 0 Å². The third-order valence-electron chi connectivity index (χ3n) is 6.44. The molecule has 2 aromatic carbocycles. The fourth-order valence-corrected chi connectivity index (χ4v) is 4.67. The Morgan fingerprint density at radius 3 is 2.65 bits per heavy atom. The van der Waals surface area contributed by atoms with E-state index < -0.39 is 0 Å². The zero-order chi connectivity index (χ0) is 23.5. The minimum absolute atomic E-state index is 0.00351. The molecule has 0 amide bonds. The molecule has 0 spiro atoms. The van der Waals surface area contributed by atoms with Crippen molar-refractivity contribution in [2.24, 2.45) is 10.7 Å². The van der Waals surface area contributed by atoms with Crippen LogP contribution in [0.25, 0.3) is 27.2 Å². The van der Waals surface area contributed by atoms with Crippen LogP contribution in [-0.4, -0.2) is 41.0 Å². The highest BCUT2D eigenvalue weighted by atomic mass is 16.5.